The minimum Gasteiger partial charge on any atom is -0.298 e. The Hall–Kier alpha value is -3.73. The van der Waals surface area contributed by atoms with E-state index in [9.17, 15) is 29.4 Å². The number of carbonyl (C=O) groups is 1. The number of hydrogen-bond donors (Lipinski definition) is 1. The number of nitro groups is 2. The maximum atomic E-state index is 13.0. The lowest BCUT2D eigenvalue weighted by Gasteiger charge is -2.02. The zero-order valence-electron chi connectivity index (χ0n) is 13.3. The Kier molecular flexibility index (Phi) is 4.86. The maximum absolute atomic E-state index is 13.0. The van der Waals surface area contributed by atoms with Crippen molar-refractivity contribution < 1.29 is 19.0 Å². The second kappa shape index (κ2) is 7.25. The highest BCUT2D eigenvalue weighted by Gasteiger charge is 2.20. The Balaban J connectivity index is 1.84. The molecule has 0 aliphatic carbocycles. The molecule has 11 heteroatoms. The molecule has 0 saturated heterocycles. The average Bonchev–Trinajstić information content (AvgIpc) is 3.10. The first kappa shape index (κ1) is 18.1. The average molecular weight is 388 g/mol. The molecule has 0 fully saturated rings. The summed E-state index contributed by atoms with van der Waals surface area (Å²) >= 11 is 1.09. The number of nitrogens with zero attached hydrogens (tertiary/aromatic N) is 3. The highest BCUT2D eigenvalue weighted by Crippen LogP contribution is 2.27. The first-order valence-electron chi connectivity index (χ1n) is 7.30. The summed E-state index contributed by atoms with van der Waals surface area (Å²) in [5.74, 6) is -1.17. The van der Waals surface area contributed by atoms with Gasteiger partial charge in [-0.3, -0.25) is 30.3 Å². The Bertz CT molecular complexity index is 1020. The molecule has 3 rings (SSSR count). The predicted molar refractivity (Wildman–Crippen MR) is 95.2 cm³/mol. The summed E-state index contributed by atoms with van der Waals surface area (Å²) in [6.07, 6.45) is 0. The van der Waals surface area contributed by atoms with E-state index in [4.69, 9.17) is 0 Å². The molecule has 2 aromatic carbocycles. The fraction of sp³-hybridized carbons (Fsp3) is 0. The van der Waals surface area contributed by atoms with Crippen molar-refractivity contribution in [3.8, 4) is 11.3 Å². The van der Waals surface area contributed by atoms with Crippen molar-refractivity contribution in [2.24, 2.45) is 0 Å². The molecule has 3 aromatic rings. The summed E-state index contributed by atoms with van der Waals surface area (Å²) in [5.41, 5.74) is -0.241. The fourth-order valence-electron chi connectivity index (χ4n) is 2.19. The topological polar surface area (TPSA) is 128 Å². The van der Waals surface area contributed by atoms with E-state index in [-0.39, 0.29) is 10.7 Å². The molecular formula is C16H9FN4O5S. The number of aromatic nitrogens is 1. The zero-order chi connectivity index (χ0) is 19.6. The van der Waals surface area contributed by atoms with Crippen molar-refractivity contribution in [3.63, 3.8) is 0 Å². The number of nitrogens with one attached hydrogen (secondary N) is 1. The van der Waals surface area contributed by atoms with Crippen molar-refractivity contribution in [2.75, 3.05) is 5.32 Å². The van der Waals surface area contributed by atoms with Gasteiger partial charge in [-0.1, -0.05) is 0 Å². The molecule has 0 aliphatic rings. The van der Waals surface area contributed by atoms with Crippen molar-refractivity contribution in [1.82, 2.24) is 4.98 Å². The minimum atomic E-state index is -0.820. The van der Waals surface area contributed by atoms with Gasteiger partial charge in [0, 0.05) is 23.1 Å². The van der Waals surface area contributed by atoms with Gasteiger partial charge in [-0.2, -0.15) is 0 Å². The zero-order valence-corrected chi connectivity index (χ0v) is 14.1. The Morgan fingerprint density at radius 2 is 1.63 bits per heavy atom. The maximum Gasteiger partial charge on any atom is 0.277 e. The van der Waals surface area contributed by atoms with Crippen LogP contribution < -0.4 is 5.32 Å². The van der Waals surface area contributed by atoms with E-state index in [1.54, 1.807) is 5.38 Å². The summed E-state index contributed by atoms with van der Waals surface area (Å²) in [4.78, 5) is 36.7. The number of rotatable bonds is 5. The summed E-state index contributed by atoms with van der Waals surface area (Å²) in [5, 5.41) is 26.1. The first-order valence-corrected chi connectivity index (χ1v) is 8.18. The van der Waals surface area contributed by atoms with Crippen LogP contribution in [0.25, 0.3) is 11.3 Å². The van der Waals surface area contributed by atoms with Crippen LogP contribution in [0.15, 0.2) is 47.8 Å². The van der Waals surface area contributed by atoms with Gasteiger partial charge in [0.05, 0.1) is 27.2 Å². The SMILES string of the molecule is O=C(Nc1nc(-c2ccc(F)cc2)cs1)c1cc([N+](=O)[O-])cc([N+](=O)[O-])c1. The van der Waals surface area contributed by atoms with Crippen molar-refractivity contribution in [2.45, 2.75) is 0 Å². The fourth-order valence-corrected chi connectivity index (χ4v) is 2.91. The van der Waals surface area contributed by atoms with Crippen LogP contribution in [0.3, 0.4) is 0 Å². The van der Waals surface area contributed by atoms with Crippen LogP contribution in [0, 0.1) is 26.0 Å². The molecule has 0 unspecified atom stereocenters. The Labute approximate surface area is 154 Å². The molecule has 0 saturated carbocycles. The van der Waals surface area contributed by atoms with Crippen molar-refractivity contribution >= 4 is 33.8 Å². The van der Waals surface area contributed by atoms with E-state index >= 15 is 0 Å². The number of benzene rings is 2. The van der Waals surface area contributed by atoms with Crippen molar-refractivity contribution in [1.29, 1.82) is 0 Å². The molecule has 0 atom stereocenters. The van der Waals surface area contributed by atoms with E-state index in [1.807, 2.05) is 0 Å². The molecule has 1 aromatic heterocycles. The van der Waals surface area contributed by atoms with Gasteiger partial charge >= 0.3 is 0 Å². The number of hydrogen-bond acceptors (Lipinski definition) is 7. The van der Waals surface area contributed by atoms with E-state index in [0.29, 0.717) is 11.3 Å². The Morgan fingerprint density at radius 3 is 2.19 bits per heavy atom. The van der Waals surface area contributed by atoms with Gasteiger partial charge in [0.2, 0.25) is 0 Å². The summed E-state index contributed by atoms with van der Waals surface area (Å²) in [7, 11) is 0. The number of carbonyl (C=O) groups excluding carboxylic acids is 1. The molecule has 0 bridgehead atoms. The lowest BCUT2D eigenvalue weighted by molar-refractivity contribution is -0.394. The van der Waals surface area contributed by atoms with Gasteiger partial charge in [-0.15, -0.1) is 11.3 Å². The highest BCUT2D eigenvalue weighted by molar-refractivity contribution is 7.14. The lowest BCUT2D eigenvalue weighted by Crippen LogP contribution is -2.12. The third-order valence-electron chi connectivity index (χ3n) is 3.45. The van der Waals surface area contributed by atoms with Crippen LogP contribution >= 0.6 is 11.3 Å². The standard InChI is InChI=1S/C16H9FN4O5S/c17-11-3-1-9(2-4-11)14-8-27-16(18-14)19-15(22)10-5-12(20(23)24)7-13(6-10)21(25)26/h1-8H,(H,18,19,22). The van der Waals surface area contributed by atoms with Crippen LogP contribution in [0.1, 0.15) is 10.4 Å². The van der Waals surface area contributed by atoms with Gasteiger partial charge in [0.15, 0.2) is 5.13 Å². The van der Waals surface area contributed by atoms with Crippen LogP contribution in [-0.4, -0.2) is 20.7 Å². The molecule has 9 nitrogen and oxygen atoms in total. The Morgan fingerprint density at radius 1 is 1.04 bits per heavy atom. The number of nitro benzene ring substituents is 2. The van der Waals surface area contributed by atoms with Gasteiger partial charge in [-0.25, -0.2) is 9.37 Å². The van der Waals surface area contributed by atoms with E-state index in [2.05, 4.69) is 10.3 Å². The van der Waals surface area contributed by atoms with Crippen LogP contribution in [0.2, 0.25) is 0 Å². The van der Waals surface area contributed by atoms with Gasteiger partial charge < -0.3 is 0 Å². The third-order valence-corrected chi connectivity index (χ3v) is 4.21. The normalized spacial score (nSPS) is 10.4. The van der Waals surface area contributed by atoms with Gasteiger partial charge in [-0.05, 0) is 24.3 Å². The molecular weight excluding hydrogens is 379 g/mol. The molecule has 27 heavy (non-hydrogen) atoms. The molecule has 0 spiro atoms. The molecule has 1 amide bonds. The highest BCUT2D eigenvalue weighted by atomic mass is 32.1. The monoisotopic (exact) mass is 388 g/mol. The number of non-ortho nitro benzene ring substituents is 2. The van der Waals surface area contributed by atoms with Crippen LogP contribution in [-0.2, 0) is 0 Å². The van der Waals surface area contributed by atoms with E-state index < -0.39 is 32.9 Å². The predicted octanol–water partition coefficient (Wildman–Crippen LogP) is 4.02. The van der Waals surface area contributed by atoms with Crippen molar-refractivity contribution in [3.05, 3.63) is 79.5 Å². The second-order valence-electron chi connectivity index (χ2n) is 5.25. The van der Waals surface area contributed by atoms with Crippen LogP contribution in [0.5, 0.6) is 0 Å². The molecule has 0 radical (unpaired) electrons. The summed E-state index contributed by atoms with van der Waals surface area (Å²) in [6, 6.07) is 8.25. The summed E-state index contributed by atoms with van der Waals surface area (Å²) < 4.78 is 13.0. The molecule has 1 heterocycles. The molecule has 136 valence electrons. The molecule has 0 aliphatic heterocycles. The van der Waals surface area contributed by atoms with E-state index in [1.165, 1.54) is 24.3 Å². The van der Waals surface area contributed by atoms with Gasteiger partial charge in [0.1, 0.15) is 5.82 Å². The van der Waals surface area contributed by atoms with E-state index in [0.717, 1.165) is 29.5 Å². The minimum absolute atomic E-state index is 0.188. The number of thiazole rings is 1. The quantitative estimate of drug-likeness (QED) is 0.519. The number of anilines is 1. The van der Waals surface area contributed by atoms with Crippen LogP contribution in [0.4, 0.5) is 20.9 Å². The number of halogens is 1. The largest absolute Gasteiger partial charge is 0.298 e. The first-order chi connectivity index (χ1) is 12.8. The second-order valence-corrected chi connectivity index (χ2v) is 6.11. The smallest absolute Gasteiger partial charge is 0.277 e. The summed E-state index contributed by atoms with van der Waals surface area (Å²) in [6.45, 7) is 0. The lowest BCUT2D eigenvalue weighted by atomic mass is 10.1. The van der Waals surface area contributed by atoms with Gasteiger partial charge in [0.25, 0.3) is 17.3 Å². The number of amides is 1. The molecule has 1 N–H and O–H groups in total. The third kappa shape index (κ3) is 4.10.